The zero-order valence-electron chi connectivity index (χ0n) is 12.8. The Morgan fingerprint density at radius 2 is 1.77 bits per heavy atom. The van der Waals surface area contributed by atoms with E-state index in [4.69, 9.17) is 4.74 Å². The van der Waals surface area contributed by atoms with E-state index in [-0.39, 0.29) is 11.9 Å². The summed E-state index contributed by atoms with van der Waals surface area (Å²) < 4.78 is 6.87. The van der Waals surface area contributed by atoms with Crippen LogP contribution in [0.5, 0.6) is 0 Å². The average molecular weight is 362 g/mol. The van der Waals surface area contributed by atoms with E-state index >= 15 is 0 Å². The fourth-order valence-electron chi connectivity index (χ4n) is 2.42. The first-order valence-electron chi connectivity index (χ1n) is 7.31. The first kappa shape index (κ1) is 16.9. The van der Waals surface area contributed by atoms with Crippen LogP contribution >= 0.6 is 15.9 Å². The van der Waals surface area contributed by atoms with Gasteiger partial charge in [0.25, 0.3) is 0 Å². The van der Waals surface area contributed by atoms with Crippen molar-refractivity contribution < 1.29 is 9.53 Å². The molecule has 0 amide bonds. The van der Waals surface area contributed by atoms with E-state index in [0.29, 0.717) is 12.2 Å². The highest BCUT2D eigenvalue weighted by Gasteiger charge is 2.29. The van der Waals surface area contributed by atoms with E-state index in [1.165, 1.54) is 0 Å². The van der Waals surface area contributed by atoms with Crippen molar-refractivity contribution in [2.45, 2.75) is 19.1 Å². The van der Waals surface area contributed by atoms with E-state index in [9.17, 15) is 4.79 Å². The molecule has 0 bridgehead atoms. The third-order valence-electron chi connectivity index (χ3n) is 3.50. The first-order valence-corrected chi connectivity index (χ1v) is 8.10. The summed E-state index contributed by atoms with van der Waals surface area (Å²) in [6, 6.07) is 16.8. The largest absolute Gasteiger partial charge is 0.372 e. The van der Waals surface area contributed by atoms with Crippen molar-refractivity contribution in [2.24, 2.45) is 0 Å². The van der Waals surface area contributed by atoms with Gasteiger partial charge in [-0.1, -0.05) is 58.4 Å². The number of nitrogens with one attached hydrogen (secondary N) is 1. The fourth-order valence-corrected chi connectivity index (χ4v) is 2.68. The molecule has 0 saturated carbocycles. The van der Waals surface area contributed by atoms with Gasteiger partial charge in [-0.05, 0) is 31.7 Å². The van der Waals surface area contributed by atoms with Gasteiger partial charge in [-0.2, -0.15) is 0 Å². The van der Waals surface area contributed by atoms with Crippen molar-refractivity contribution >= 4 is 21.7 Å². The molecule has 0 unspecified atom stereocenters. The first-order chi connectivity index (χ1) is 10.7. The van der Waals surface area contributed by atoms with Gasteiger partial charge in [0.1, 0.15) is 12.1 Å². The van der Waals surface area contributed by atoms with Crippen LogP contribution in [0.1, 0.15) is 28.9 Å². The Hall–Kier alpha value is -1.49. The second-order valence-electron chi connectivity index (χ2n) is 4.92. The van der Waals surface area contributed by atoms with E-state index in [2.05, 4.69) is 21.2 Å². The number of Topliss-reactive ketones (excluding diaryl/α,β-unsaturated/α-hetero) is 1. The SMILES string of the molecule is CCO[C@@H](c1ccc(Br)cc1)[C@@H](NC)C(=O)c1ccccc1. The number of ether oxygens (including phenoxy) is 1. The molecule has 0 radical (unpaired) electrons. The van der Waals surface area contributed by atoms with Crippen molar-refractivity contribution in [3.63, 3.8) is 0 Å². The lowest BCUT2D eigenvalue weighted by molar-refractivity contribution is 0.0332. The number of carbonyl (C=O) groups excluding carboxylic acids is 1. The molecule has 0 spiro atoms. The molecule has 0 saturated heterocycles. The summed E-state index contributed by atoms with van der Waals surface area (Å²) in [6.45, 7) is 2.48. The van der Waals surface area contributed by atoms with Crippen LogP contribution in [0.25, 0.3) is 0 Å². The lowest BCUT2D eigenvalue weighted by Gasteiger charge is -2.26. The second kappa shape index (κ2) is 8.22. The predicted octanol–water partition coefficient (Wildman–Crippen LogP) is 4.00. The summed E-state index contributed by atoms with van der Waals surface area (Å²) in [5.41, 5.74) is 1.66. The minimum atomic E-state index is -0.427. The minimum Gasteiger partial charge on any atom is -0.372 e. The Balaban J connectivity index is 2.31. The van der Waals surface area contributed by atoms with E-state index in [1.807, 2.05) is 61.5 Å². The molecule has 2 aromatic carbocycles. The molecular weight excluding hydrogens is 342 g/mol. The number of likely N-dealkylation sites (N-methyl/N-ethyl adjacent to an activating group) is 1. The number of hydrogen-bond donors (Lipinski definition) is 1. The molecule has 2 rings (SSSR count). The summed E-state index contributed by atoms with van der Waals surface area (Å²) in [5, 5.41) is 3.11. The number of rotatable bonds is 7. The molecule has 1 N–H and O–H groups in total. The van der Waals surface area contributed by atoms with Crippen molar-refractivity contribution in [3.8, 4) is 0 Å². The molecule has 0 fully saturated rings. The standard InChI is InChI=1S/C18H20BrNO2/c1-3-22-18(14-9-11-15(19)12-10-14)16(20-2)17(21)13-7-5-4-6-8-13/h4-12,16,18,20H,3H2,1-2H3/t16-,18-/m0/s1. The smallest absolute Gasteiger partial charge is 0.182 e. The van der Waals surface area contributed by atoms with Crippen LogP contribution in [0.4, 0.5) is 0 Å². The minimum absolute atomic E-state index is 0.0319. The molecule has 0 aromatic heterocycles. The summed E-state index contributed by atoms with van der Waals surface area (Å²) in [5.74, 6) is 0.0319. The highest BCUT2D eigenvalue weighted by molar-refractivity contribution is 9.10. The maximum atomic E-state index is 12.8. The number of ketones is 1. The third-order valence-corrected chi connectivity index (χ3v) is 4.03. The van der Waals surface area contributed by atoms with Crippen LogP contribution in [0, 0.1) is 0 Å². The van der Waals surface area contributed by atoms with Gasteiger partial charge in [0.05, 0.1) is 0 Å². The predicted molar refractivity (Wildman–Crippen MR) is 92.1 cm³/mol. The van der Waals surface area contributed by atoms with Gasteiger partial charge in [-0.15, -0.1) is 0 Å². The highest BCUT2D eigenvalue weighted by Crippen LogP contribution is 2.25. The van der Waals surface area contributed by atoms with Crippen LogP contribution in [-0.4, -0.2) is 25.5 Å². The van der Waals surface area contributed by atoms with Crippen molar-refractivity contribution in [3.05, 3.63) is 70.2 Å². The molecule has 0 aliphatic rings. The van der Waals surface area contributed by atoms with Gasteiger partial charge in [0.2, 0.25) is 0 Å². The quantitative estimate of drug-likeness (QED) is 0.757. The average Bonchev–Trinajstić information content (AvgIpc) is 2.56. The van der Waals surface area contributed by atoms with E-state index < -0.39 is 6.04 Å². The Morgan fingerprint density at radius 1 is 1.14 bits per heavy atom. The summed E-state index contributed by atoms with van der Waals surface area (Å²) in [6.07, 6.45) is -0.323. The summed E-state index contributed by atoms with van der Waals surface area (Å²) >= 11 is 3.43. The molecule has 0 aliphatic heterocycles. The maximum absolute atomic E-state index is 12.8. The number of carbonyl (C=O) groups is 1. The Bertz CT molecular complexity index is 598. The topological polar surface area (TPSA) is 38.3 Å². The molecule has 2 aromatic rings. The molecule has 3 nitrogen and oxygen atoms in total. The Morgan fingerprint density at radius 3 is 2.32 bits per heavy atom. The van der Waals surface area contributed by atoms with Gasteiger partial charge in [-0.25, -0.2) is 0 Å². The van der Waals surface area contributed by atoms with Crippen LogP contribution < -0.4 is 5.32 Å². The van der Waals surface area contributed by atoms with Gasteiger partial charge < -0.3 is 10.1 Å². The highest BCUT2D eigenvalue weighted by atomic mass is 79.9. The molecule has 0 aliphatic carbocycles. The third kappa shape index (κ3) is 4.03. The van der Waals surface area contributed by atoms with Crippen LogP contribution in [0.2, 0.25) is 0 Å². The van der Waals surface area contributed by atoms with Crippen molar-refractivity contribution in [1.82, 2.24) is 5.32 Å². The fraction of sp³-hybridized carbons (Fsp3) is 0.278. The van der Waals surface area contributed by atoms with E-state index in [1.54, 1.807) is 7.05 Å². The normalized spacial score (nSPS) is 13.6. The van der Waals surface area contributed by atoms with Crippen molar-refractivity contribution in [1.29, 1.82) is 0 Å². The molecule has 0 heterocycles. The van der Waals surface area contributed by atoms with Crippen LogP contribution in [0.15, 0.2) is 59.1 Å². The molecule has 2 atom stereocenters. The molecule has 22 heavy (non-hydrogen) atoms. The summed E-state index contributed by atoms with van der Waals surface area (Å²) in [7, 11) is 1.79. The monoisotopic (exact) mass is 361 g/mol. The van der Waals surface area contributed by atoms with Crippen molar-refractivity contribution in [2.75, 3.05) is 13.7 Å². The molecular formula is C18H20BrNO2. The van der Waals surface area contributed by atoms with E-state index in [0.717, 1.165) is 10.0 Å². The Labute approximate surface area is 139 Å². The van der Waals surface area contributed by atoms with Gasteiger partial charge in [-0.3, -0.25) is 4.79 Å². The Kier molecular flexibility index (Phi) is 6.31. The molecule has 4 heteroatoms. The van der Waals surface area contributed by atoms with Crippen LogP contribution in [0.3, 0.4) is 0 Å². The number of halogens is 1. The lowest BCUT2D eigenvalue weighted by Crippen LogP contribution is -2.40. The number of hydrogen-bond acceptors (Lipinski definition) is 3. The van der Waals surface area contributed by atoms with Gasteiger partial charge in [0.15, 0.2) is 5.78 Å². The maximum Gasteiger partial charge on any atom is 0.182 e. The van der Waals surface area contributed by atoms with Gasteiger partial charge in [0, 0.05) is 16.6 Å². The number of benzene rings is 2. The second-order valence-corrected chi connectivity index (χ2v) is 5.84. The molecule has 116 valence electrons. The zero-order valence-corrected chi connectivity index (χ0v) is 14.3. The van der Waals surface area contributed by atoms with Crippen LogP contribution in [-0.2, 0) is 4.74 Å². The van der Waals surface area contributed by atoms with Gasteiger partial charge >= 0.3 is 0 Å². The summed E-state index contributed by atoms with van der Waals surface area (Å²) in [4.78, 5) is 12.8. The lowest BCUT2D eigenvalue weighted by atomic mass is 9.95. The zero-order chi connectivity index (χ0) is 15.9.